The van der Waals surface area contributed by atoms with Gasteiger partial charge in [0.25, 0.3) is 11.8 Å². The van der Waals surface area contributed by atoms with Crippen molar-refractivity contribution in [3.63, 3.8) is 0 Å². The van der Waals surface area contributed by atoms with Crippen molar-refractivity contribution in [1.29, 1.82) is 0 Å². The lowest BCUT2D eigenvalue weighted by atomic mass is 9.72. The number of amides is 2. The third kappa shape index (κ3) is 3.71. The molecule has 0 radical (unpaired) electrons. The predicted octanol–water partition coefficient (Wildman–Crippen LogP) is 4.65. The van der Waals surface area contributed by atoms with Crippen LogP contribution in [0.3, 0.4) is 0 Å². The summed E-state index contributed by atoms with van der Waals surface area (Å²) in [7, 11) is 0. The van der Waals surface area contributed by atoms with E-state index in [-0.39, 0.29) is 11.8 Å². The average Bonchev–Trinajstić information content (AvgIpc) is 3.44. The molecule has 0 bridgehead atoms. The molecule has 2 N–H and O–H groups in total. The van der Waals surface area contributed by atoms with E-state index in [0.717, 1.165) is 36.0 Å². The number of aliphatic hydroxyl groups excluding tert-OH is 1. The van der Waals surface area contributed by atoms with Crippen LogP contribution in [0.5, 0.6) is 0 Å². The maximum Gasteiger partial charge on any atom is 0.254 e. The Bertz CT molecular complexity index is 1260. The zero-order valence-corrected chi connectivity index (χ0v) is 20.5. The number of fused-ring (bicyclic) bond motifs is 3. The Hall–Kier alpha value is -2.96. The number of benzene rings is 2. The predicted molar refractivity (Wildman–Crippen MR) is 137 cm³/mol. The van der Waals surface area contributed by atoms with Gasteiger partial charge in [-0.3, -0.25) is 9.59 Å². The van der Waals surface area contributed by atoms with Gasteiger partial charge in [-0.1, -0.05) is 42.5 Å². The second-order valence-corrected chi connectivity index (χ2v) is 11.0. The summed E-state index contributed by atoms with van der Waals surface area (Å²) in [6.45, 7) is 1.21. The minimum Gasteiger partial charge on any atom is -0.390 e. The minimum atomic E-state index is -0.737. The molecule has 2 amide bonds. The van der Waals surface area contributed by atoms with Crippen molar-refractivity contribution in [2.24, 2.45) is 0 Å². The quantitative estimate of drug-likeness (QED) is 0.566. The lowest BCUT2D eigenvalue weighted by Crippen LogP contribution is -2.51. The zero-order valence-electron chi connectivity index (χ0n) is 19.7. The second kappa shape index (κ2) is 8.92. The van der Waals surface area contributed by atoms with Crippen LogP contribution in [0.25, 0.3) is 0 Å². The highest BCUT2D eigenvalue weighted by Crippen LogP contribution is 2.51. The number of aryl methyl sites for hydroxylation is 1. The van der Waals surface area contributed by atoms with E-state index in [1.54, 1.807) is 23.5 Å². The van der Waals surface area contributed by atoms with Crippen molar-refractivity contribution in [3.8, 4) is 0 Å². The SMILES string of the molecule is O=C(N[C@H]1c2ccccc2C2(CCN(C(=O)c3csc4c3CCCC4)CC2)[C@@H]1O)c1ccccc1. The summed E-state index contributed by atoms with van der Waals surface area (Å²) in [5.41, 5.74) is 4.36. The smallest absolute Gasteiger partial charge is 0.254 e. The van der Waals surface area contributed by atoms with Crippen molar-refractivity contribution in [1.82, 2.24) is 10.2 Å². The van der Waals surface area contributed by atoms with Crippen LogP contribution in [-0.4, -0.2) is 41.0 Å². The van der Waals surface area contributed by atoms with E-state index in [9.17, 15) is 14.7 Å². The molecule has 1 aliphatic heterocycles. The zero-order chi connectivity index (χ0) is 24.0. The van der Waals surface area contributed by atoms with E-state index < -0.39 is 17.6 Å². The molecule has 35 heavy (non-hydrogen) atoms. The van der Waals surface area contributed by atoms with Crippen LogP contribution in [0.1, 0.15) is 74.0 Å². The topological polar surface area (TPSA) is 69.6 Å². The molecule has 6 rings (SSSR count). The number of carbonyl (C=O) groups is 2. The monoisotopic (exact) mass is 486 g/mol. The Labute approximate surface area is 209 Å². The number of hydrogen-bond acceptors (Lipinski definition) is 4. The Morgan fingerprint density at radius 2 is 1.69 bits per heavy atom. The lowest BCUT2D eigenvalue weighted by Gasteiger charge is -2.43. The number of rotatable bonds is 3. The Balaban J connectivity index is 1.23. The molecule has 6 heteroatoms. The van der Waals surface area contributed by atoms with Gasteiger partial charge < -0.3 is 15.3 Å². The fraction of sp³-hybridized carbons (Fsp3) is 0.379. The third-order valence-corrected chi connectivity index (χ3v) is 9.36. The molecule has 0 unspecified atom stereocenters. The van der Waals surface area contributed by atoms with Crippen LogP contribution >= 0.6 is 11.3 Å². The van der Waals surface area contributed by atoms with Gasteiger partial charge >= 0.3 is 0 Å². The molecule has 1 fully saturated rings. The summed E-state index contributed by atoms with van der Waals surface area (Å²) < 4.78 is 0. The van der Waals surface area contributed by atoms with Gasteiger partial charge in [0.1, 0.15) is 0 Å². The van der Waals surface area contributed by atoms with Crippen molar-refractivity contribution in [3.05, 3.63) is 92.7 Å². The number of nitrogens with zero attached hydrogens (tertiary/aromatic N) is 1. The van der Waals surface area contributed by atoms with Gasteiger partial charge in [-0.2, -0.15) is 0 Å². The van der Waals surface area contributed by atoms with Gasteiger partial charge in [-0.15, -0.1) is 11.3 Å². The number of carbonyl (C=O) groups excluding carboxylic acids is 2. The molecule has 0 saturated carbocycles. The summed E-state index contributed by atoms with van der Waals surface area (Å²) in [5.74, 6) is -0.0506. The van der Waals surface area contributed by atoms with Crippen LogP contribution in [0.15, 0.2) is 60.0 Å². The average molecular weight is 487 g/mol. The molecule has 3 aliphatic rings. The maximum absolute atomic E-state index is 13.4. The number of nitrogens with one attached hydrogen (secondary N) is 1. The number of thiophene rings is 1. The molecule has 3 aromatic rings. The van der Waals surface area contributed by atoms with Crippen LogP contribution in [0, 0.1) is 0 Å². The summed E-state index contributed by atoms with van der Waals surface area (Å²) in [6, 6.07) is 16.7. The first-order valence-corrected chi connectivity index (χ1v) is 13.5. The number of hydrogen-bond donors (Lipinski definition) is 2. The Morgan fingerprint density at radius 3 is 2.49 bits per heavy atom. The van der Waals surface area contributed by atoms with Crippen LogP contribution in [-0.2, 0) is 18.3 Å². The van der Waals surface area contributed by atoms with Gasteiger partial charge in [-0.05, 0) is 67.3 Å². The molecule has 180 valence electrons. The van der Waals surface area contributed by atoms with E-state index in [0.29, 0.717) is 31.5 Å². The first-order chi connectivity index (χ1) is 17.1. The minimum absolute atomic E-state index is 0.133. The largest absolute Gasteiger partial charge is 0.390 e. The van der Waals surface area contributed by atoms with Crippen LogP contribution in [0.4, 0.5) is 0 Å². The van der Waals surface area contributed by atoms with Crippen molar-refractivity contribution >= 4 is 23.2 Å². The number of likely N-dealkylation sites (tertiary alicyclic amines) is 1. The Kier molecular flexibility index (Phi) is 5.73. The van der Waals surface area contributed by atoms with E-state index >= 15 is 0 Å². The summed E-state index contributed by atoms with van der Waals surface area (Å²) in [4.78, 5) is 29.7. The number of aliphatic hydroxyl groups is 1. The Morgan fingerprint density at radius 1 is 0.971 bits per heavy atom. The van der Waals surface area contributed by atoms with E-state index in [4.69, 9.17) is 0 Å². The fourth-order valence-corrected chi connectivity index (χ4v) is 7.48. The van der Waals surface area contributed by atoms with Crippen molar-refractivity contribution in [2.45, 2.75) is 56.1 Å². The van der Waals surface area contributed by atoms with Gasteiger partial charge in [0, 0.05) is 34.3 Å². The molecule has 1 aromatic heterocycles. The van der Waals surface area contributed by atoms with Crippen molar-refractivity contribution in [2.75, 3.05) is 13.1 Å². The molecule has 1 spiro atoms. The highest BCUT2D eigenvalue weighted by atomic mass is 32.1. The fourth-order valence-electron chi connectivity index (χ4n) is 6.36. The highest BCUT2D eigenvalue weighted by molar-refractivity contribution is 7.10. The van der Waals surface area contributed by atoms with Gasteiger partial charge in [0.05, 0.1) is 17.7 Å². The van der Waals surface area contributed by atoms with E-state index in [2.05, 4.69) is 16.8 Å². The second-order valence-electron chi connectivity index (χ2n) is 10.1. The molecule has 2 heterocycles. The first-order valence-electron chi connectivity index (χ1n) is 12.6. The van der Waals surface area contributed by atoms with Crippen LogP contribution in [0.2, 0.25) is 0 Å². The molecule has 5 nitrogen and oxygen atoms in total. The van der Waals surface area contributed by atoms with Crippen LogP contribution < -0.4 is 5.32 Å². The summed E-state index contributed by atoms with van der Waals surface area (Å²) >= 11 is 1.73. The standard InChI is InChI=1S/C29H30N2O3S/c32-26-25(30-27(33)19-8-2-1-3-9-19)21-11-4-6-12-23(21)29(26)14-16-31(17-15-29)28(34)22-18-35-24-13-7-5-10-20(22)24/h1-4,6,8-9,11-12,18,25-26,32H,5,7,10,13-17H2,(H,30,33)/t25-,26+/m0/s1. The maximum atomic E-state index is 13.4. The van der Waals surface area contributed by atoms with Gasteiger partial charge in [-0.25, -0.2) is 0 Å². The number of piperidine rings is 1. The van der Waals surface area contributed by atoms with E-state index in [1.165, 1.54) is 16.9 Å². The normalized spacial score (nSPS) is 22.5. The van der Waals surface area contributed by atoms with Gasteiger partial charge in [0.2, 0.25) is 0 Å². The molecule has 1 saturated heterocycles. The first kappa shape index (κ1) is 22.5. The van der Waals surface area contributed by atoms with E-state index in [1.807, 2.05) is 41.3 Å². The summed E-state index contributed by atoms with van der Waals surface area (Å²) in [6.07, 6.45) is 5.10. The highest BCUT2D eigenvalue weighted by Gasteiger charge is 2.53. The molecular weight excluding hydrogens is 456 g/mol. The lowest BCUT2D eigenvalue weighted by molar-refractivity contribution is 0.0199. The molecular formula is C29H30N2O3S. The van der Waals surface area contributed by atoms with Crippen molar-refractivity contribution < 1.29 is 14.7 Å². The molecule has 2 aromatic carbocycles. The van der Waals surface area contributed by atoms with Gasteiger partial charge in [0.15, 0.2) is 0 Å². The third-order valence-electron chi connectivity index (χ3n) is 8.27. The molecule has 2 aliphatic carbocycles. The summed E-state index contributed by atoms with van der Waals surface area (Å²) in [5, 5.41) is 16.8. The molecule has 2 atom stereocenters.